The van der Waals surface area contributed by atoms with Crippen molar-refractivity contribution in [3.05, 3.63) is 35.9 Å². The number of imide groups is 1. The maximum absolute atomic E-state index is 13.2. The fourth-order valence-electron chi connectivity index (χ4n) is 3.20. The van der Waals surface area contributed by atoms with Crippen LogP contribution in [0.15, 0.2) is 30.3 Å². The summed E-state index contributed by atoms with van der Waals surface area (Å²) in [4.78, 5) is 38.9. The van der Waals surface area contributed by atoms with Gasteiger partial charge in [-0.25, -0.2) is 9.69 Å². The fraction of sp³-hybridized carbons (Fsp3) is 0.571. The van der Waals surface area contributed by atoms with Crippen LogP contribution in [-0.2, 0) is 25.5 Å². The maximum Gasteiger partial charge on any atom is 0.416 e. The van der Waals surface area contributed by atoms with Crippen LogP contribution in [0.1, 0.15) is 52.5 Å². The van der Waals surface area contributed by atoms with E-state index >= 15 is 0 Å². The van der Waals surface area contributed by atoms with Crippen LogP contribution in [0.4, 0.5) is 4.79 Å². The van der Waals surface area contributed by atoms with Gasteiger partial charge in [0, 0.05) is 0 Å². The van der Waals surface area contributed by atoms with Crippen LogP contribution in [0.3, 0.4) is 0 Å². The summed E-state index contributed by atoms with van der Waals surface area (Å²) in [6.07, 6.45) is 1.18. The van der Waals surface area contributed by atoms with E-state index in [1.165, 1.54) is 4.90 Å². The molecular formula is C21H29NO5. The lowest BCUT2D eigenvalue weighted by Gasteiger charge is -2.26. The van der Waals surface area contributed by atoms with E-state index in [0.717, 1.165) is 12.0 Å². The maximum atomic E-state index is 13.2. The molecule has 1 fully saturated rings. The molecule has 2 atom stereocenters. The summed E-state index contributed by atoms with van der Waals surface area (Å²) in [5, 5.41) is 0. The summed E-state index contributed by atoms with van der Waals surface area (Å²) >= 11 is 0. The zero-order valence-electron chi connectivity index (χ0n) is 16.6. The molecule has 0 spiro atoms. The van der Waals surface area contributed by atoms with Gasteiger partial charge in [-0.1, -0.05) is 43.7 Å². The number of carbonyl (C=O) groups excluding carboxylic acids is 3. The average molecular weight is 375 g/mol. The van der Waals surface area contributed by atoms with Gasteiger partial charge in [0.05, 0.1) is 18.4 Å². The van der Waals surface area contributed by atoms with Gasteiger partial charge in [-0.2, -0.15) is 0 Å². The molecule has 1 heterocycles. The van der Waals surface area contributed by atoms with E-state index in [1.807, 2.05) is 37.3 Å². The number of esters is 1. The number of nitrogens with zero attached hydrogens (tertiary/aromatic N) is 1. The number of ether oxygens (including phenoxy) is 2. The Bertz CT molecular complexity index is 665. The molecule has 0 unspecified atom stereocenters. The Balaban J connectivity index is 2.20. The molecule has 148 valence electrons. The predicted octanol–water partition coefficient (Wildman–Crippen LogP) is 3.72. The summed E-state index contributed by atoms with van der Waals surface area (Å²) < 4.78 is 10.5. The SMILES string of the molecule is CCC[C@@H]1COC(=O)N1C(=O)[C@@H](CC(=O)OC(C)(C)C)Cc1ccccc1. The van der Waals surface area contributed by atoms with Crippen molar-refractivity contribution >= 4 is 18.0 Å². The van der Waals surface area contributed by atoms with Crippen LogP contribution < -0.4 is 0 Å². The van der Waals surface area contributed by atoms with Gasteiger partial charge in [0.25, 0.3) is 0 Å². The Labute approximate surface area is 160 Å². The van der Waals surface area contributed by atoms with Crippen molar-refractivity contribution in [2.75, 3.05) is 6.61 Å². The van der Waals surface area contributed by atoms with Gasteiger partial charge in [-0.3, -0.25) is 9.59 Å². The van der Waals surface area contributed by atoms with Crippen molar-refractivity contribution in [2.24, 2.45) is 5.92 Å². The molecule has 1 aliphatic heterocycles. The first kappa shape index (κ1) is 20.9. The summed E-state index contributed by atoms with van der Waals surface area (Å²) in [5.41, 5.74) is 0.299. The van der Waals surface area contributed by atoms with Crippen molar-refractivity contribution < 1.29 is 23.9 Å². The largest absolute Gasteiger partial charge is 0.460 e. The smallest absolute Gasteiger partial charge is 0.416 e. The molecule has 1 aromatic carbocycles. The fourth-order valence-corrected chi connectivity index (χ4v) is 3.20. The van der Waals surface area contributed by atoms with Gasteiger partial charge in [0.1, 0.15) is 12.2 Å². The summed E-state index contributed by atoms with van der Waals surface area (Å²) in [5.74, 6) is -1.49. The normalized spacial score (nSPS) is 18.1. The third kappa shape index (κ3) is 6.08. The summed E-state index contributed by atoms with van der Waals surface area (Å²) in [7, 11) is 0. The van der Waals surface area contributed by atoms with Crippen LogP contribution >= 0.6 is 0 Å². The van der Waals surface area contributed by atoms with Gasteiger partial charge in [-0.15, -0.1) is 0 Å². The van der Waals surface area contributed by atoms with E-state index in [4.69, 9.17) is 9.47 Å². The second-order valence-electron chi connectivity index (χ2n) is 7.90. The second-order valence-corrected chi connectivity index (χ2v) is 7.90. The predicted molar refractivity (Wildman–Crippen MR) is 101 cm³/mol. The molecule has 2 amide bonds. The van der Waals surface area contributed by atoms with Gasteiger partial charge in [0.15, 0.2) is 0 Å². The molecule has 0 aliphatic carbocycles. The Hall–Kier alpha value is -2.37. The molecule has 6 heteroatoms. The topological polar surface area (TPSA) is 72.9 Å². The summed E-state index contributed by atoms with van der Waals surface area (Å²) in [6, 6.07) is 9.20. The molecule has 27 heavy (non-hydrogen) atoms. The third-order valence-electron chi connectivity index (χ3n) is 4.33. The first-order chi connectivity index (χ1) is 12.7. The van der Waals surface area contributed by atoms with Crippen molar-refractivity contribution in [3.8, 4) is 0 Å². The van der Waals surface area contributed by atoms with E-state index in [0.29, 0.717) is 12.8 Å². The Morgan fingerprint density at radius 2 is 1.93 bits per heavy atom. The van der Waals surface area contributed by atoms with Crippen LogP contribution in [-0.4, -0.2) is 41.1 Å². The minimum absolute atomic E-state index is 0.0758. The molecule has 1 aromatic rings. The molecule has 0 N–H and O–H groups in total. The van der Waals surface area contributed by atoms with Gasteiger partial charge < -0.3 is 9.47 Å². The Morgan fingerprint density at radius 1 is 1.26 bits per heavy atom. The highest BCUT2D eigenvalue weighted by atomic mass is 16.6. The Morgan fingerprint density at radius 3 is 2.52 bits per heavy atom. The lowest BCUT2D eigenvalue weighted by Crippen LogP contribution is -2.44. The van der Waals surface area contributed by atoms with E-state index in [2.05, 4.69) is 0 Å². The highest BCUT2D eigenvalue weighted by Crippen LogP contribution is 2.24. The lowest BCUT2D eigenvalue weighted by molar-refractivity contribution is -0.158. The molecular weight excluding hydrogens is 346 g/mol. The quantitative estimate of drug-likeness (QED) is 0.679. The van der Waals surface area contributed by atoms with Crippen LogP contribution in [0.5, 0.6) is 0 Å². The molecule has 0 bridgehead atoms. The second kappa shape index (κ2) is 9.02. The monoisotopic (exact) mass is 375 g/mol. The van der Waals surface area contributed by atoms with E-state index < -0.39 is 23.6 Å². The number of cyclic esters (lactones) is 1. The third-order valence-corrected chi connectivity index (χ3v) is 4.33. The number of amides is 2. The van der Waals surface area contributed by atoms with Crippen LogP contribution in [0.25, 0.3) is 0 Å². The molecule has 2 rings (SSSR count). The molecule has 0 radical (unpaired) electrons. The number of hydrogen-bond acceptors (Lipinski definition) is 5. The zero-order chi connectivity index (χ0) is 20.0. The van der Waals surface area contributed by atoms with Crippen molar-refractivity contribution in [3.63, 3.8) is 0 Å². The van der Waals surface area contributed by atoms with Crippen molar-refractivity contribution in [1.29, 1.82) is 0 Å². The van der Waals surface area contributed by atoms with E-state index in [-0.39, 0.29) is 25.0 Å². The van der Waals surface area contributed by atoms with Crippen LogP contribution in [0.2, 0.25) is 0 Å². The van der Waals surface area contributed by atoms with E-state index in [9.17, 15) is 14.4 Å². The minimum atomic E-state index is -0.674. The molecule has 6 nitrogen and oxygen atoms in total. The van der Waals surface area contributed by atoms with Crippen molar-refractivity contribution in [1.82, 2.24) is 4.90 Å². The number of rotatable bonds is 7. The first-order valence-corrected chi connectivity index (χ1v) is 9.47. The van der Waals surface area contributed by atoms with E-state index in [1.54, 1.807) is 20.8 Å². The highest BCUT2D eigenvalue weighted by Gasteiger charge is 2.41. The van der Waals surface area contributed by atoms with Crippen LogP contribution in [0, 0.1) is 5.92 Å². The zero-order valence-corrected chi connectivity index (χ0v) is 16.6. The molecule has 1 saturated heterocycles. The standard InChI is InChI=1S/C21H29NO5/c1-5-9-17-14-26-20(25)22(17)19(24)16(12-15-10-7-6-8-11-15)13-18(23)27-21(2,3)4/h6-8,10-11,16-17H,5,9,12-14H2,1-4H3/t16-,17-/m1/s1. The number of hydrogen-bond donors (Lipinski definition) is 0. The van der Waals surface area contributed by atoms with Crippen molar-refractivity contribution in [2.45, 2.75) is 65.0 Å². The molecule has 0 aromatic heterocycles. The molecule has 0 saturated carbocycles. The average Bonchev–Trinajstić information content (AvgIpc) is 2.94. The highest BCUT2D eigenvalue weighted by molar-refractivity contribution is 5.96. The van der Waals surface area contributed by atoms with Gasteiger partial charge in [0.2, 0.25) is 5.91 Å². The minimum Gasteiger partial charge on any atom is -0.460 e. The Kier molecular flexibility index (Phi) is 6.99. The number of carbonyl (C=O) groups is 3. The number of benzene rings is 1. The lowest BCUT2D eigenvalue weighted by atomic mass is 9.94. The molecule has 1 aliphatic rings. The first-order valence-electron chi connectivity index (χ1n) is 9.47. The van der Waals surface area contributed by atoms with Gasteiger partial charge >= 0.3 is 12.1 Å². The van der Waals surface area contributed by atoms with Gasteiger partial charge in [-0.05, 0) is 39.2 Å². The summed E-state index contributed by atoms with van der Waals surface area (Å²) in [6.45, 7) is 7.56.